The molecule has 0 saturated heterocycles. The molecule has 172 valence electrons. The first-order valence-electron chi connectivity index (χ1n) is 9.74. The zero-order chi connectivity index (χ0) is 24.0. The van der Waals surface area contributed by atoms with E-state index in [-0.39, 0.29) is 23.4 Å². The number of rotatable bonds is 8. The zero-order valence-corrected chi connectivity index (χ0v) is 17.9. The number of aromatic amines is 1. The van der Waals surface area contributed by atoms with Crippen molar-refractivity contribution in [2.45, 2.75) is 13.0 Å². The lowest BCUT2D eigenvalue weighted by atomic mass is 10.1. The van der Waals surface area contributed by atoms with Gasteiger partial charge < -0.3 is 19.7 Å². The number of phenolic OH excluding ortho intramolecular Hbond substituents is 1. The van der Waals surface area contributed by atoms with E-state index in [1.165, 1.54) is 26.4 Å². The van der Waals surface area contributed by atoms with Crippen molar-refractivity contribution in [1.82, 2.24) is 15.0 Å². The van der Waals surface area contributed by atoms with Crippen molar-refractivity contribution < 1.29 is 24.5 Å². The Morgan fingerprint density at radius 1 is 1.12 bits per heavy atom. The fourth-order valence-electron chi connectivity index (χ4n) is 3.06. The minimum atomic E-state index is -0.875. The number of nitrogens with one attached hydrogen (secondary N) is 2. The summed E-state index contributed by atoms with van der Waals surface area (Å²) in [5.41, 5.74) is 0.940. The Kier molecular flexibility index (Phi) is 7.13. The summed E-state index contributed by atoms with van der Waals surface area (Å²) in [6.07, 6.45) is 1.25. The Balaban J connectivity index is 1.79. The number of aromatic hydroxyl groups is 2. The molecule has 1 heterocycles. The summed E-state index contributed by atoms with van der Waals surface area (Å²) in [7, 11) is 3.02. The molecular weight excluding hydrogens is 432 g/mol. The highest BCUT2D eigenvalue weighted by Crippen LogP contribution is 2.28. The molecule has 0 atom stereocenters. The molecule has 11 nitrogen and oxygen atoms in total. The maximum atomic E-state index is 12.2. The number of carbonyl (C=O) groups excluding carboxylic acids is 1. The van der Waals surface area contributed by atoms with Gasteiger partial charge in [-0.3, -0.25) is 19.1 Å². The molecule has 0 aliphatic carbocycles. The Bertz CT molecular complexity index is 1310. The van der Waals surface area contributed by atoms with Gasteiger partial charge in [-0.1, -0.05) is 18.2 Å². The molecule has 0 aliphatic heterocycles. The van der Waals surface area contributed by atoms with Crippen molar-refractivity contribution in [1.29, 1.82) is 0 Å². The third-order valence-electron chi connectivity index (χ3n) is 4.79. The van der Waals surface area contributed by atoms with E-state index in [1.807, 2.05) is 0 Å². The van der Waals surface area contributed by atoms with Crippen LogP contribution in [-0.2, 0) is 13.0 Å². The van der Waals surface area contributed by atoms with Gasteiger partial charge in [-0.15, -0.1) is 0 Å². The van der Waals surface area contributed by atoms with Crippen LogP contribution in [0.25, 0.3) is 0 Å². The maximum absolute atomic E-state index is 12.2. The van der Waals surface area contributed by atoms with Crippen LogP contribution in [0, 0.1) is 0 Å². The molecule has 0 spiro atoms. The van der Waals surface area contributed by atoms with Gasteiger partial charge in [0.05, 0.1) is 26.0 Å². The van der Waals surface area contributed by atoms with E-state index >= 15 is 0 Å². The predicted octanol–water partition coefficient (Wildman–Crippen LogP) is 0.972. The van der Waals surface area contributed by atoms with Crippen LogP contribution in [-0.4, -0.2) is 46.1 Å². The van der Waals surface area contributed by atoms with Crippen LogP contribution >= 0.6 is 0 Å². The number of phenols is 1. The number of hydrogen-bond donors (Lipinski definition) is 4. The first-order valence-corrected chi connectivity index (χ1v) is 9.74. The molecule has 0 saturated carbocycles. The van der Waals surface area contributed by atoms with E-state index < -0.39 is 23.0 Å². The summed E-state index contributed by atoms with van der Waals surface area (Å²) >= 11 is 0. The van der Waals surface area contributed by atoms with Crippen LogP contribution in [0.15, 0.2) is 57.2 Å². The molecule has 0 unspecified atom stereocenters. The number of aromatic nitrogens is 2. The second-order valence-electron chi connectivity index (χ2n) is 6.80. The molecule has 0 radical (unpaired) electrons. The minimum Gasteiger partial charge on any atom is -0.507 e. The molecule has 1 aromatic heterocycles. The molecule has 33 heavy (non-hydrogen) atoms. The number of methoxy groups -OCH3 is 2. The van der Waals surface area contributed by atoms with Gasteiger partial charge in [-0.05, 0) is 36.2 Å². The van der Waals surface area contributed by atoms with Crippen LogP contribution in [0.2, 0.25) is 0 Å². The Hall–Kier alpha value is -4.54. The fraction of sp³-hybridized carbons (Fsp3) is 0.182. The van der Waals surface area contributed by atoms with Gasteiger partial charge >= 0.3 is 5.69 Å². The monoisotopic (exact) mass is 454 g/mol. The second-order valence-corrected chi connectivity index (χ2v) is 6.80. The number of carbonyl (C=O) groups is 1. The molecule has 3 aromatic rings. The van der Waals surface area contributed by atoms with Crippen molar-refractivity contribution in [3.8, 4) is 23.1 Å². The number of aryl methyl sites for hydroxylation is 1. The first-order chi connectivity index (χ1) is 15.8. The minimum absolute atomic E-state index is 0.0207. The third-order valence-corrected chi connectivity index (χ3v) is 4.79. The highest BCUT2D eigenvalue weighted by Gasteiger charge is 2.14. The fourth-order valence-corrected chi connectivity index (χ4v) is 3.06. The average Bonchev–Trinajstić information content (AvgIpc) is 2.80. The SMILES string of the molecule is COc1ccc(CCn2c(O)c(C=NNC(=O)c3ccccc3O)c(=O)[nH]c2=O)cc1OC. The highest BCUT2D eigenvalue weighted by molar-refractivity contribution is 5.97. The Morgan fingerprint density at radius 3 is 2.55 bits per heavy atom. The standard InChI is InChI=1S/C22H22N4O7/c1-32-17-8-7-13(11-18(17)33-2)9-10-26-21(30)15(19(28)24-22(26)31)12-23-25-20(29)14-5-3-4-6-16(14)27/h3-8,11-12,27,30H,9-10H2,1-2H3,(H,25,29)(H,24,28,31). The second kappa shape index (κ2) is 10.2. The summed E-state index contributed by atoms with van der Waals surface area (Å²) < 4.78 is 11.4. The van der Waals surface area contributed by atoms with Crippen LogP contribution < -0.4 is 26.1 Å². The number of hydrogen-bond acceptors (Lipinski definition) is 8. The number of nitrogens with zero attached hydrogens (tertiary/aromatic N) is 2. The van der Waals surface area contributed by atoms with Gasteiger partial charge in [-0.25, -0.2) is 10.2 Å². The number of benzene rings is 2. The quantitative estimate of drug-likeness (QED) is 0.292. The molecule has 1 amide bonds. The predicted molar refractivity (Wildman–Crippen MR) is 119 cm³/mol. The van der Waals surface area contributed by atoms with E-state index in [2.05, 4.69) is 15.5 Å². The molecule has 3 rings (SSSR count). The molecule has 4 N–H and O–H groups in total. The molecule has 2 aromatic carbocycles. The van der Waals surface area contributed by atoms with Crippen molar-refractivity contribution in [2.75, 3.05) is 14.2 Å². The lowest BCUT2D eigenvalue weighted by Gasteiger charge is -2.12. The van der Waals surface area contributed by atoms with Crippen LogP contribution in [0.1, 0.15) is 21.5 Å². The third kappa shape index (κ3) is 5.21. The topological polar surface area (TPSA) is 155 Å². The normalized spacial score (nSPS) is 10.8. The summed E-state index contributed by atoms with van der Waals surface area (Å²) in [6, 6.07) is 11.1. The number of H-pyrrole nitrogens is 1. The van der Waals surface area contributed by atoms with E-state index in [4.69, 9.17) is 9.47 Å². The highest BCUT2D eigenvalue weighted by atomic mass is 16.5. The van der Waals surface area contributed by atoms with Crippen molar-refractivity contribution in [3.63, 3.8) is 0 Å². The van der Waals surface area contributed by atoms with Gasteiger partial charge in [0, 0.05) is 6.54 Å². The van der Waals surface area contributed by atoms with E-state index in [1.54, 1.807) is 30.3 Å². The Labute approximate surface area is 187 Å². The van der Waals surface area contributed by atoms with E-state index in [0.717, 1.165) is 16.3 Å². The smallest absolute Gasteiger partial charge is 0.331 e. The molecule has 0 bridgehead atoms. The van der Waals surface area contributed by atoms with Crippen molar-refractivity contribution in [3.05, 3.63) is 80.0 Å². The zero-order valence-electron chi connectivity index (χ0n) is 17.9. The van der Waals surface area contributed by atoms with Gasteiger partial charge in [0.1, 0.15) is 11.3 Å². The summed E-state index contributed by atoms with van der Waals surface area (Å²) in [5, 5.41) is 23.8. The average molecular weight is 454 g/mol. The van der Waals surface area contributed by atoms with Gasteiger partial charge in [-0.2, -0.15) is 5.10 Å². The van der Waals surface area contributed by atoms with Gasteiger partial charge in [0.25, 0.3) is 11.5 Å². The molecule has 0 aliphatic rings. The van der Waals surface area contributed by atoms with Crippen LogP contribution in [0.4, 0.5) is 0 Å². The Morgan fingerprint density at radius 2 is 1.85 bits per heavy atom. The van der Waals surface area contributed by atoms with Gasteiger partial charge in [0.2, 0.25) is 5.88 Å². The molecule has 11 heteroatoms. The largest absolute Gasteiger partial charge is 0.507 e. The van der Waals surface area contributed by atoms with Crippen LogP contribution in [0.3, 0.4) is 0 Å². The lowest BCUT2D eigenvalue weighted by Crippen LogP contribution is -2.33. The van der Waals surface area contributed by atoms with Crippen molar-refractivity contribution in [2.24, 2.45) is 5.10 Å². The molecular formula is C22H22N4O7. The summed E-state index contributed by atoms with van der Waals surface area (Å²) in [6.45, 7) is 0.0437. The number of ether oxygens (including phenoxy) is 2. The molecule has 0 fully saturated rings. The summed E-state index contributed by atoms with van der Waals surface area (Å²) in [4.78, 5) is 38.6. The van der Waals surface area contributed by atoms with Crippen molar-refractivity contribution >= 4 is 12.1 Å². The number of hydrazone groups is 1. The van der Waals surface area contributed by atoms with Crippen LogP contribution in [0.5, 0.6) is 23.1 Å². The number of para-hydroxylation sites is 1. The first kappa shape index (κ1) is 23.1. The summed E-state index contributed by atoms with van der Waals surface area (Å²) in [5.74, 6) is -0.503. The number of amides is 1. The maximum Gasteiger partial charge on any atom is 0.331 e. The lowest BCUT2D eigenvalue weighted by molar-refractivity contribution is 0.0952. The van der Waals surface area contributed by atoms with E-state index in [0.29, 0.717) is 17.9 Å². The van der Waals surface area contributed by atoms with Gasteiger partial charge in [0.15, 0.2) is 11.5 Å². The van der Waals surface area contributed by atoms with E-state index in [9.17, 15) is 24.6 Å².